The van der Waals surface area contributed by atoms with Crippen LogP contribution in [0.4, 0.5) is 0 Å². The van der Waals surface area contributed by atoms with Crippen molar-refractivity contribution in [3.8, 4) is 0 Å². The average molecular weight is 223 g/mol. The minimum Gasteiger partial charge on any atom is -0.481 e. The molecule has 0 aliphatic heterocycles. The van der Waals surface area contributed by atoms with Gasteiger partial charge in [0, 0.05) is 18.4 Å². The van der Waals surface area contributed by atoms with Crippen LogP contribution in [0.2, 0.25) is 0 Å². The van der Waals surface area contributed by atoms with Crippen molar-refractivity contribution in [2.45, 2.75) is 18.5 Å². The Morgan fingerprint density at radius 3 is 2.50 bits per heavy atom. The largest absolute Gasteiger partial charge is 0.481 e. The average Bonchev–Trinajstić information content (AvgIpc) is 2.17. The molecular weight excluding hydrogens is 206 g/mol. The Labute approximate surface area is 94.9 Å². The van der Waals surface area contributed by atoms with Crippen molar-refractivity contribution in [2.24, 2.45) is 5.73 Å². The summed E-state index contributed by atoms with van der Waals surface area (Å²) in [5.41, 5.74) is 6.89. The van der Waals surface area contributed by atoms with E-state index in [2.05, 4.69) is 4.98 Å². The molecule has 1 rings (SSSR count). The molecule has 0 radical (unpaired) electrons. The maximum atomic E-state index is 10.7. The highest BCUT2D eigenvalue weighted by atomic mass is 16.4. The van der Waals surface area contributed by atoms with Crippen molar-refractivity contribution >= 4 is 5.97 Å². The van der Waals surface area contributed by atoms with Gasteiger partial charge in [-0.25, -0.2) is 0 Å². The fourth-order valence-corrected chi connectivity index (χ4v) is 1.80. The van der Waals surface area contributed by atoms with Gasteiger partial charge in [-0.1, -0.05) is 0 Å². The molecule has 3 N–H and O–H groups in total. The number of aromatic nitrogens is 1. The van der Waals surface area contributed by atoms with Gasteiger partial charge in [-0.2, -0.15) is 0 Å². The first-order chi connectivity index (χ1) is 7.52. The Morgan fingerprint density at radius 2 is 2.06 bits per heavy atom. The number of nitrogens with zero attached hydrogens (tertiary/aromatic N) is 2. The summed E-state index contributed by atoms with van der Waals surface area (Å²) in [6.07, 6.45) is 3.31. The fraction of sp³-hybridized carbons (Fsp3) is 0.455. The summed E-state index contributed by atoms with van der Waals surface area (Å²) in [4.78, 5) is 16.5. The van der Waals surface area contributed by atoms with E-state index in [1.54, 1.807) is 12.4 Å². The summed E-state index contributed by atoms with van der Waals surface area (Å²) in [6, 6.07) is 3.16. The number of hydrogen-bond donors (Lipinski definition) is 2. The van der Waals surface area contributed by atoms with Crippen LogP contribution in [0, 0.1) is 0 Å². The molecule has 0 spiro atoms. The quantitative estimate of drug-likeness (QED) is 0.759. The molecule has 2 unspecified atom stereocenters. The Kier molecular flexibility index (Phi) is 4.39. The molecule has 16 heavy (non-hydrogen) atoms. The van der Waals surface area contributed by atoms with Crippen molar-refractivity contribution in [3.05, 3.63) is 30.1 Å². The topological polar surface area (TPSA) is 79.5 Å². The third-order valence-electron chi connectivity index (χ3n) is 2.42. The molecule has 5 nitrogen and oxygen atoms in total. The van der Waals surface area contributed by atoms with E-state index < -0.39 is 12.0 Å². The highest BCUT2D eigenvalue weighted by molar-refractivity contribution is 5.67. The molecule has 88 valence electrons. The number of pyridine rings is 1. The number of aliphatic carboxylic acids is 1. The van der Waals surface area contributed by atoms with E-state index in [4.69, 9.17) is 10.8 Å². The van der Waals surface area contributed by atoms with Crippen molar-refractivity contribution in [1.82, 2.24) is 9.88 Å². The number of rotatable bonds is 5. The second-order valence-electron chi connectivity index (χ2n) is 3.95. The summed E-state index contributed by atoms with van der Waals surface area (Å²) in [7, 11) is 3.76. The second kappa shape index (κ2) is 5.58. The minimum absolute atomic E-state index is 0.0504. The van der Waals surface area contributed by atoms with Gasteiger partial charge in [-0.15, -0.1) is 0 Å². The maximum Gasteiger partial charge on any atom is 0.304 e. The molecule has 2 atom stereocenters. The van der Waals surface area contributed by atoms with Gasteiger partial charge in [0.05, 0.1) is 12.5 Å². The molecule has 0 saturated carbocycles. The first-order valence-electron chi connectivity index (χ1n) is 5.06. The SMILES string of the molecule is CN(C)C(c1ccncc1)C(N)CC(=O)O. The predicted octanol–water partition coefficient (Wildman–Crippen LogP) is 0.486. The number of carboxylic acids is 1. The van der Waals surface area contributed by atoms with Gasteiger partial charge >= 0.3 is 5.97 Å². The van der Waals surface area contributed by atoms with Crippen LogP contribution < -0.4 is 5.73 Å². The second-order valence-corrected chi connectivity index (χ2v) is 3.95. The lowest BCUT2D eigenvalue weighted by Crippen LogP contribution is -2.38. The Bertz CT molecular complexity index is 340. The van der Waals surface area contributed by atoms with Gasteiger partial charge in [-0.3, -0.25) is 9.78 Å². The van der Waals surface area contributed by atoms with E-state index in [1.165, 1.54) is 0 Å². The van der Waals surface area contributed by atoms with Crippen molar-refractivity contribution in [2.75, 3.05) is 14.1 Å². The summed E-state index contributed by atoms with van der Waals surface area (Å²) in [5.74, 6) is -0.881. The molecule has 0 fully saturated rings. The Morgan fingerprint density at radius 1 is 1.50 bits per heavy atom. The summed E-state index contributed by atoms with van der Waals surface area (Å²) >= 11 is 0. The predicted molar refractivity (Wildman–Crippen MR) is 60.9 cm³/mol. The number of hydrogen-bond acceptors (Lipinski definition) is 4. The molecule has 0 aromatic carbocycles. The van der Waals surface area contributed by atoms with Gasteiger partial charge in [0.25, 0.3) is 0 Å². The summed E-state index contributed by atoms with van der Waals surface area (Å²) in [5, 5.41) is 8.75. The van der Waals surface area contributed by atoms with E-state index in [1.807, 2.05) is 31.1 Å². The van der Waals surface area contributed by atoms with Crippen LogP contribution in [-0.2, 0) is 4.79 Å². The minimum atomic E-state index is -0.881. The van der Waals surface area contributed by atoms with Crippen LogP contribution in [0.3, 0.4) is 0 Å². The third kappa shape index (κ3) is 3.29. The number of nitrogens with two attached hydrogens (primary N) is 1. The monoisotopic (exact) mass is 223 g/mol. The molecule has 0 bridgehead atoms. The first-order valence-corrected chi connectivity index (χ1v) is 5.06. The number of carboxylic acid groups (broad SMARTS) is 1. The highest BCUT2D eigenvalue weighted by Crippen LogP contribution is 2.21. The van der Waals surface area contributed by atoms with Gasteiger partial charge < -0.3 is 15.7 Å². The highest BCUT2D eigenvalue weighted by Gasteiger charge is 2.23. The van der Waals surface area contributed by atoms with Crippen LogP contribution in [0.15, 0.2) is 24.5 Å². The first kappa shape index (κ1) is 12.6. The van der Waals surface area contributed by atoms with Crippen LogP contribution in [0.1, 0.15) is 18.0 Å². The van der Waals surface area contributed by atoms with E-state index in [-0.39, 0.29) is 12.5 Å². The zero-order valence-corrected chi connectivity index (χ0v) is 9.50. The fourth-order valence-electron chi connectivity index (χ4n) is 1.80. The summed E-state index contributed by atoms with van der Waals surface area (Å²) < 4.78 is 0. The zero-order chi connectivity index (χ0) is 12.1. The Hall–Kier alpha value is -1.46. The zero-order valence-electron chi connectivity index (χ0n) is 9.50. The van der Waals surface area contributed by atoms with Crippen LogP contribution in [0.5, 0.6) is 0 Å². The van der Waals surface area contributed by atoms with Crippen molar-refractivity contribution in [1.29, 1.82) is 0 Å². The molecule has 0 amide bonds. The van der Waals surface area contributed by atoms with E-state index >= 15 is 0 Å². The molecular formula is C11H17N3O2. The van der Waals surface area contributed by atoms with Crippen molar-refractivity contribution < 1.29 is 9.90 Å². The van der Waals surface area contributed by atoms with Crippen LogP contribution in [0.25, 0.3) is 0 Å². The Balaban J connectivity index is 2.87. The summed E-state index contributed by atoms with van der Waals surface area (Å²) in [6.45, 7) is 0. The number of likely N-dealkylation sites (N-methyl/N-ethyl adjacent to an activating group) is 1. The molecule has 0 aliphatic rings. The van der Waals surface area contributed by atoms with Gasteiger partial charge in [0.15, 0.2) is 0 Å². The van der Waals surface area contributed by atoms with Crippen LogP contribution >= 0.6 is 0 Å². The van der Waals surface area contributed by atoms with Gasteiger partial charge in [-0.05, 0) is 31.8 Å². The molecule has 1 heterocycles. The van der Waals surface area contributed by atoms with Gasteiger partial charge in [0.2, 0.25) is 0 Å². The lowest BCUT2D eigenvalue weighted by molar-refractivity contribution is -0.137. The third-order valence-corrected chi connectivity index (χ3v) is 2.42. The van der Waals surface area contributed by atoms with E-state index in [0.29, 0.717) is 0 Å². The standard InChI is InChI=1S/C11H17N3O2/c1-14(2)11(9(12)7-10(15)16)8-3-5-13-6-4-8/h3-6,9,11H,7,12H2,1-2H3,(H,15,16). The molecule has 1 aromatic heterocycles. The number of carbonyl (C=O) groups is 1. The molecule has 0 saturated heterocycles. The normalized spacial score (nSPS) is 14.8. The molecule has 1 aromatic rings. The van der Waals surface area contributed by atoms with Crippen LogP contribution in [-0.4, -0.2) is 41.1 Å². The lowest BCUT2D eigenvalue weighted by Gasteiger charge is -2.29. The van der Waals surface area contributed by atoms with E-state index in [9.17, 15) is 4.79 Å². The van der Waals surface area contributed by atoms with Crippen molar-refractivity contribution in [3.63, 3.8) is 0 Å². The maximum absolute atomic E-state index is 10.7. The lowest BCUT2D eigenvalue weighted by atomic mass is 9.97. The van der Waals surface area contributed by atoms with E-state index in [0.717, 1.165) is 5.56 Å². The molecule has 0 aliphatic carbocycles. The van der Waals surface area contributed by atoms with Gasteiger partial charge in [0.1, 0.15) is 0 Å². The smallest absolute Gasteiger partial charge is 0.304 e. The molecule has 5 heteroatoms.